The molecule has 7 heteroatoms. The monoisotopic (exact) mass is 340 g/mol. The molecule has 0 bridgehead atoms. The van der Waals surface area contributed by atoms with E-state index in [9.17, 15) is 13.2 Å². The highest BCUT2D eigenvalue weighted by Crippen LogP contribution is 2.31. The van der Waals surface area contributed by atoms with Gasteiger partial charge < -0.3 is 5.32 Å². The second-order valence-corrected chi connectivity index (χ2v) is 8.31. The van der Waals surface area contributed by atoms with Crippen LogP contribution in [0, 0.1) is 5.92 Å². The van der Waals surface area contributed by atoms with Crippen molar-refractivity contribution in [3.05, 3.63) is 30.3 Å². The summed E-state index contributed by atoms with van der Waals surface area (Å²) in [5, 5.41) is 2.63. The van der Waals surface area contributed by atoms with Gasteiger partial charge in [-0.1, -0.05) is 18.2 Å². The maximum Gasteiger partial charge on any atom is 0.259 e. The number of alkyl halides is 1. The summed E-state index contributed by atoms with van der Waals surface area (Å²) in [4.78, 5) is 12.3. The van der Waals surface area contributed by atoms with Crippen molar-refractivity contribution in [2.75, 3.05) is 19.6 Å². The molecule has 0 radical (unpaired) electrons. The Kier molecular flexibility index (Phi) is 4.42. The molecule has 1 unspecified atom stereocenters. The summed E-state index contributed by atoms with van der Waals surface area (Å²) < 4.78 is 41.3. The van der Waals surface area contributed by atoms with Crippen LogP contribution in [0.4, 0.5) is 4.39 Å². The van der Waals surface area contributed by atoms with Crippen LogP contribution in [-0.2, 0) is 14.8 Å². The number of sulfonamides is 1. The summed E-state index contributed by atoms with van der Waals surface area (Å²) in [7, 11) is -3.77. The molecule has 1 saturated carbocycles. The van der Waals surface area contributed by atoms with Gasteiger partial charge in [0.25, 0.3) is 5.91 Å². The summed E-state index contributed by atoms with van der Waals surface area (Å²) in [6.45, 7) is 0.301. The quantitative estimate of drug-likeness (QED) is 0.887. The minimum absolute atomic E-state index is 0.0598. The molecule has 2 aliphatic rings. The minimum atomic E-state index is -3.77. The number of hydrogen-bond donors (Lipinski definition) is 1. The second-order valence-electron chi connectivity index (χ2n) is 6.37. The third-order valence-corrected chi connectivity index (χ3v) is 6.30. The molecule has 1 amide bonds. The third-order valence-electron chi connectivity index (χ3n) is 4.44. The van der Waals surface area contributed by atoms with Crippen LogP contribution in [0.5, 0.6) is 0 Å². The molecule has 1 aromatic carbocycles. The Morgan fingerprint density at radius 1 is 1.30 bits per heavy atom. The normalized spacial score (nSPS) is 26.0. The lowest BCUT2D eigenvalue weighted by Crippen LogP contribution is -2.55. The first-order chi connectivity index (χ1) is 10.9. The van der Waals surface area contributed by atoms with Gasteiger partial charge in [0.1, 0.15) is 0 Å². The predicted octanol–water partition coefficient (Wildman–Crippen LogP) is 1.71. The van der Waals surface area contributed by atoms with Gasteiger partial charge in [-0.2, -0.15) is 4.31 Å². The average molecular weight is 340 g/mol. The van der Waals surface area contributed by atoms with Gasteiger partial charge in [-0.3, -0.25) is 4.79 Å². The fourth-order valence-corrected chi connectivity index (χ4v) is 4.37. The van der Waals surface area contributed by atoms with Crippen LogP contribution in [0.15, 0.2) is 35.2 Å². The molecule has 1 atom stereocenters. The lowest BCUT2D eigenvalue weighted by Gasteiger charge is -2.35. The van der Waals surface area contributed by atoms with Crippen LogP contribution in [0.25, 0.3) is 0 Å². The van der Waals surface area contributed by atoms with Gasteiger partial charge in [-0.15, -0.1) is 0 Å². The molecular formula is C16H21FN2O3S. The first kappa shape index (κ1) is 16.4. The lowest BCUT2D eigenvalue weighted by molar-refractivity contribution is -0.135. The molecule has 3 rings (SSSR count). The summed E-state index contributed by atoms with van der Waals surface area (Å²) in [5.74, 6) is -0.229. The van der Waals surface area contributed by atoms with Crippen molar-refractivity contribution < 1.29 is 17.6 Å². The van der Waals surface area contributed by atoms with Crippen molar-refractivity contribution in [3.63, 3.8) is 0 Å². The molecule has 0 aromatic heterocycles. The summed E-state index contributed by atoms with van der Waals surface area (Å²) in [5.41, 5.74) is -2.14. The topological polar surface area (TPSA) is 66.5 Å². The molecule has 5 nitrogen and oxygen atoms in total. The van der Waals surface area contributed by atoms with E-state index in [1.807, 2.05) is 0 Å². The van der Waals surface area contributed by atoms with Crippen molar-refractivity contribution in [2.24, 2.45) is 5.92 Å². The van der Waals surface area contributed by atoms with Gasteiger partial charge in [-0.05, 0) is 43.7 Å². The third kappa shape index (κ3) is 3.55. The Balaban J connectivity index is 1.73. The zero-order chi connectivity index (χ0) is 16.5. The van der Waals surface area contributed by atoms with Crippen LogP contribution in [0.2, 0.25) is 0 Å². The van der Waals surface area contributed by atoms with E-state index in [4.69, 9.17) is 0 Å². The lowest BCUT2D eigenvalue weighted by atomic mass is 9.95. The Morgan fingerprint density at radius 2 is 2.00 bits per heavy atom. The largest absolute Gasteiger partial charge is 0.353 e. The number of nitrogens with zero attached hydrogens (tertiary/aromatic N) is 1. The van der Waals surface area contributed by atoms with E-state index in [1.54, 1.807) is 18.2 Å². The molecule has 1 aromatic rings. The highest BCUT2D eigenvalue weighted by atomic mass is 32.2. The Hall–Kier alpha value is -1.47. The fraction of sp³-hybridized carbons (Fsp3) is 0.562. The number of carbonyl (C=O) groups excluding carboxylic acids is 1. The van der Waals surface area contributed by atoms with E-state index in [2.05, 4.69) is 5.32 Å². The highest BCUT2D eigenvalue weighted by Gasteiger charge is 2.46. The van der Waals surface area contributed by atoms with Crippen molar-refractivity contribution in [1.29, 1.82) is 0 Å². The smallest absolute Gasteiger partial charge is 0.259 e. The molecule has 2 fully saturated rings. The molecule has 0 spiro atoms. The van der Waals surface area contributed by atoms with Crippen LogP contribution in [0.3, 0.4) is 0 Å². The van der Waals surface area contributed by atoms with E-state index >= 15 is 4.39 Å². The number of carbonyl (C=O) groups is 1. The SMILES string of the molecule is O=C(NCC1CC1)C1(F)CCCN(S(=O)(=O)c2ccccc2)C1. The Morgan fingerprint density at radius 3 is 2.65 bits per heavy atom. The van der Waals surface area contributed by atoms with E-state index in [0.29, 0.717) is 18.9 Å². The highest BCUT2D eigenvalue weighted by molar-refractivity contribution is 7.89. The first-order valence-electron chi connectivity index (χ1n) is 7.94. The summed E-state index contributed by atoms with van der Waals surface area (Å²) in [6.07, 6.45) is 2.52. The van der Waals surface area contributed by atoms with Gasteiger partial charge in [0.05, 0.1) is 11.4 Å². The Labute approximate surface area is 135 Å². The zero-order valence-corrected chi connectivity index (χ0v) is 13.7. The molecule has 126 valence electrons. The van der Waals surface area contributed by atoms with E-state index in [-0.39, 0.29) is 17.9 Å². The minimum Gasteiger partial charge on any atom is -0.353 e. The number of amides is 1. The zero-order valence-electron chi connectivity index (χ0n) is 12.9. The first-order valence-corrected chi connectivity index (χ1v) is 9.38. The number of halogens is 1. The number of rotatable bonds is 5. The van der Waals surface area contributed by atoms with Crippen molar-refractivity contribution in [1.82, 2.24) is 9.62 Å². The molecule has 1 aliphatic heterocycles. The summed E-state index contributed by atoms with van der Waals surface area (Å²) >= 11 is 0. The van der Waals surface area contributed by atoms with Crippen molar-refractivity contribution >= 4 is 15.9 Å². The maximum absolute atomic E-state index is 15.0. The average Bonchev–Trinajstić information content (AvgIpc) is 3.38. The standard InChI is InChI=1S/C16H21FN2O3S/c17-16(15(20)18-11-13-7-8-13)9-4-10-19(12-16)23(21,22)14-5-2-1-3-6-14/h1-3,5-6,13H,4,7-12H2,(H,18,20). The molecule has 1 N–H and O–H groups in total. The number of hydrogen-bond acceptors (Lipinski definition) is 3. The van der Waals surface area contributed by atoms with Gasteiger partial charge in [0.15, 0.2) is 0 Å². The molecule has 1 saturated heterocycles. The Bertz CT molecular complexity index is 676. The van der Waals surface area contributed by atoms with Crippen molar-refractivity contribution in [3.8, 4) is 0 Å². The second kappa shape index (κ2) is 6.20. The van der Waals surface area contributed by atoms with E-state index in [0.717, 1.165) is 17.1 Å². The van der Waals surface area contributed by atoms with Crippen LogP contribution in [-0.4, -0.2) is 43.9 Å². The van der Waals surface area contributed by atoms with Gasteiger partial charge in [0.2, 0.25) is 15.7 Å². The number of piperidine rings is 1. The summed E-state index contributed by atoms with van der Waals surface area (Å²) in [6, 6.07) is 7.94. The molecular weight excluding hydrogens is 319 g/mol. The van der Waals surface area contributed by atoms with Crippen molar-refractivity contribution in [2.45, 2.75) is 36.2 Å². The fourth-order valence-electron chi connectivity index (χ4n) is 2.82. The van der Waals surface area contributed by atoms with Gasteiger partial charge >= 0.3 is 0 Å². The van der Waals surface area contributed by atoms with Crippen LogP contribution in [0.1, 0.15) is 25.7 Å². The number of benzene rings is 1. The van der Waals surface area contributed by atoms with Crippen LogP contribution < -0.4 is 5.32 Å². The van der Waals surface area contributed by atoms with E-state index < -0.39 is 28.1 Å². The maximum atomic E-state index is 15.0. The van der Waals surface area contributed by atoms with Gasteiger partial charge in [0, 0.05) is 13.1 Å². The predicted molar refractivity (Wildman–Crippen MR) is 84.0 cm³/mol. The molecule has 23 heavy (non-hydrogen) atoms. The van der Waals surface area contributed by atoms with Crippen LogP contribution >= 0.6 is 0 Å². The molecule has 1 aliphatic carbocycles. The van der Waals surface area contributed by atoms with E-state index in [1.165, 1.54) is 12.1 Å². The van der Waals surface area contributed by atoms with Gasteiger partial charge in [-0.25, -0.2) is 12.8 Å². The molecule has 1 heterocycles. The number of nitrogens with one attached hydrogen (secondary N) is 1.